The van der Waals surface area contributed by atoms with Crippen molar-refractivity contribution in [1.29, 1.82) is 0 Å². The number of imidazole rings is 1. The molecule has 0 bridgehead atoms. The first kappa shape index (κ1) is 29.5. The summed E-state index contributed by atoms with van der Waals surface area (Å²) in [5, 5.41) is 0. The molecule has 1 aliphatic heterocycles. The van der Waals surface area contributed by atoms with E-state index < -0.39 is 36.3 Å². The van der Waals surface area contributed by atoms with Gasteiger partial charge in [-0.2, -0.15) is 14.4 Å². The van der Waals surface area contributed by atoms with E-state index in [1.165, 1.54) is 75.1 Å². The smallest absolute Gasteiger partial charge is 0.431 e. The quantitative estimate of drug-likeness (QED) is 0.295. The van der Waals surface area contributed by atoms with E-state index in [0.29, 0.717) is 10.8 Å². The van der Waals surface area contributed by atoms with Crippen LogP contribution in [0.1, 0.15) is 109 Å². The van der Waals surface area contributed by atoms with Gasteiger partial charge in [0, 0.05) is 6.42 Å². The molecule has 2 spiro atoms. The fourth-order valence-electron chi connectivity index (χ4n) is 8.51. The lowest BCUT2D eigenvalue weighted by molar-refractivity contribution is -0.143. The van der Waals surface area contributed by atoms with Gasteiger partial charge in [0.15, 0.2) is 17.0 Å². The number of fused-ring (bicyclic) bond motifs is 1. The third-order valence-corrected chi connectivity index (χ3v) is 10.9. The Bertz CT molecular complexity index is 1390. The highest BCUT2D eigenvalue weighted by Crippen LogP contribution is 2.54. The minimum atomic E-state index is -1.26. The fraction of sp³-hybridized carbons (Fsp3) is 0.774. The first-order chi connectivity index (χ1) is 21.1. The minimum Gasteiger partial charge on any atom is -0.431 e. The van der Waals surface area contributed by atoms with Crippen molar-refractivity contribution in [1.82, 2.24) is 19.5 Å². The standard InChI is InChI=1S/C31H42FN5O7/c1-29(17-40-27(38)41-19-13-30(14-19)8-4-2-5-9-30)21(43-28(39)42-20-15-31(16-20)10-6-3-7-11-31)12-22(44-29)37-18-34-23-24(33)35-26(32)36-25(23)37/h18-22H,2-17H2,1H3,(H2,33,35,36)/t21-,22+,29+/m0/s1. The topological polar surface area (TPSA) is 150 Å². The van der Waals surface area contributed by atoms with Gasteiger partial charge < -0.3 is 29.4 Å². The van der Waals surface area contributed by atoms with Gasteiger partial charge in [-0.15, -0.1) is 0 Å². The summed E-state index contributed by atoms with van der Waals surface area (Å²) in [6.45, 7) is 1.46. The Morgan fingerprint density at radius 2 is 1.52 bits per heavy atom. The largest absolute Gasteiger partial charge is 0.508 e. The predicted molar refractivity (Wildman–Crippen MR) is 154 cm³/mol. The summed E-state index contributed by atoms with van der Waals surface area (Å²) in [5.41, 5.74) is 5.56. The van der Waals surface area contributed by atoms with Crippen molar-refractivity contribution in [3.05, 3.63) is 12.4 Å². The number of nitrogens with zero attached hydrogens (tertiary/aromatic N) is 4. The minimum absolute atomic E-state index is 0.100. The molecule has 2 N–H and O–H groups in total. The van der Waals surface area contributed by atoms with Crippen LogP contribution in [-0.4, -0.2) is 62.3 Å². The molecule has 7 rings (SSSR count). The van der Waals surface area contributed by atoms with E-state index in [4.69, 9.17) is 29.4 Å². The highest BCUT2D eigenvalue weighted by Gasteiger charge is 2.52. The molecular weight excluding hydrogens is 573 g/mol. The van der Waals surface area contributed by atoms with Gasteiger partial charge in [-0.25, -0.2) is 14.6 Å². The Balaban J connectivity index is 1.01. The molecule has 3 heterocycles. The fourth-order valence-corrected chi connectivity index (χ4v) is 8.51. The zero-order valence-electron chi connectivity index (χ0n) is 25.3. The molecule has 0 unspecified atom stereocenters. The molecule has 5 fully saturated rings. The van der Waals surface area contributed by atoms with Crippen LogP contribution in [-0.2, 0) is 23.7 Å². The Labute approximate surface area is 255 Å². The summed E-state index contributed by atoms with van der Waals surface area (Å²) < 4.78 is 44.6. The lowest BCUT2D eigenvalue weighted by Gasteiger charge is -2.49. The average molecular weight is 616 g/mol. The number of anilines is 1. The first-order valence-corrected chi connectivity index (χ1v) is 16.2. The molecule has 0 amide bonds. The Morgan fingerprint density at radius 1 is 0.932 bits per heavy atom. The van der Waals surface area contributed by atoms with Gasteiger partial charge in [-0.3, -0.25) is 4.57 Å². The normalized spacial score (nSPS) is 30.9. The van der Waals surface area contributed by atoms with Gasteiger partial charge in [-0.05, 0) is 69.1 Å². The van der Waals surface area contributed by atoms with Crippen molar-refractivity contribution in [3.63, 3.8) is 0 Å². The van der Waals surface area contributed by atoms with Gasteiger partial charge >= 0.3 is 18.4 Å². The summed E-state index contributed by atoms with van der Waals surface area (Å²) in [7, 11) is 0. The summed E-state index contributed by atoms with van der Waals surface area (Å²) in [6, 6.07) is 0. The van der Waals surface area contributed by atoms with Crippen LogP contribution < -0.4 is 5.73 Å². The molecule has 13 heteroatoms. The van der Waals surface area contributed by atoms with Crippen LogP contribution in [0, 0.1) is 16.9 Å². The molecule has 44 heavy (non-hydrogen) atoms. The molecule has 5 aliphatic rings. The van der Waals surface area contributed by atoms with Crippen molar-refractivity contribution in [2.24, 2.45) is 10.8 Å². The maximum absolute atomic E-state index is 14.1. The number of aromatic nitrogens is 4. The molecule has 12 nitrogen and oxygen atoms in total. The van der Waals surface area contributed by atoms with E-state index in [2.05, 4.69) is 15.0 Å². The van der Waals surface area contributed by atoms with Crippen molar-refractivity contribution in [2.45, 2.75) is 133 Å². The lowest BCUT2D eigenvalue weighted by Crippen LogP contribution is -2.47. The molecule has 4 saturated carbocycles. The number of halogens is 1. The second-order valence-electron chi connectivity index (χ2n) is 14.1. The van der Waals surface area contributed by atoms with Crippen LogP contribution in [0.25, 0.3) is 11.2 Å². The molecule has 2 aromatic heterocycles. The van der Waals surface area contributed by atoms with Crippen molar-refractivity contribution >= 4 is 29.3 Å². The number of carbonyl (C=O) groups excluding carboxylic acids is 2. The zero-order valence-corrected chi connectivity index (χ0v) is 25.3. The highest BCUT2D eigenvalue weighted by molar-refractivity contribution is 5.81. The van der Waals surface area contributed by atoms with Crippen LogP contribution in [0.4, 0.5) is 19.8 Å². The van der Waals surface area contributed by atoms with E-state index in [1.54, 1.807) is 6.92 Å². The Hall–Kier alpha value is -3.22. The summed E-state index contributed by atoms with van der Waals surface area (Å²) in [4.78, 5) is 37.3. The zero-order chi connectivity index (χ0) is 30.5. The Kier molecular flexibility index (Phi) is 7.57. The van der Waals surface area contributed by atoms with Gasteiger partial charge in [0.1, 0.15) is 36.7 Å². The molecule has 4 aliphatic carbocycles. The summed E-state index contributed by atoms with van der Waals surface area (Å²) in [5.74, 6) is -0.100. The number of nitrogen functional groups attached to an aromatic ring is 1. The number of hydrogen-bond acceptors (Lipinski definition) is 11. The van der Waals surface area contributed by atoms with E-state index in [9.17, 15) is 14.0 Å². The molecule has 3 atom stereocenters. The Morgan fingerprint density at radius 3 is 2.14 bits per heavy atom. The number of ether oxygens (including phenoxy) is 5. The van der Waals surface area contributed by atoms with E-state index >= 15 is 0 Å². The van der Waals surface area contributed by atoms with Crippen molar-refractivity contribution in [3.8, 4) is 0 Å². The molecule has 0 radical (unpaired) electrons. The van der Waals surface area contributed by atoms with Crippen LogP contribution in [0.3, 0.4) is 0 Å². The number of nitrogens with two attached hydrogens (primary N) is 1. The highest BCUT2D eigenvalue weighted by atomic mass is 19.1. The number of carbonyl (C=O) groups is 2. The third-order valence-electron chi connectivity index (χ3n) is 10.9. The van der Waals surface area contributed by atoms with Gasteiger partial charge in [0.2, 0.25) is 0 Å². The lowest BCUT2D eigenvalue weighted by atomic mass is 9.59. The molecule has 1 saturated heterocycles. The predicted octanol–water partition coefficient (Wildman–Crippen LogP) is 6.13. The van der Waals surface area contributed by atoms with E-state index in [0.717, 1.165) is 25.7 Å². The van der Waals surface area contributed by atoms with Gasteiger partial charge in [0.05, 0.1) is 6.33 Å². The third kappa shape index (κ3) is 5.67. The van der Waals surface area contributed by atoms with E-state index in [-0.39, 0.29) is 42.2 Å². The second kappa shape index (κ2) is 11.3. The SMILES string of the molecule is C[C@]1(COC(=O)OC2CC3(CCCCC3)C2)O[C@@H](n2cnc3c(N)nc(F)nc32)C[C@@H]1OC(=O)OC1CC2(CCCCC2)C1. The summed E-state index contributed by atoms with van der Waals surface area (Å²) in [6.07, 6.45) is 12.7. The van der Waals surface area contributed by atoms with Crippen LogP contribution in [0.15, 0.2) is 6.33 Å². The number of rotatable bonds is 6. The molecule has 240 valence electrons. The van der Waals surface area contributed by atoms with Crippen molar-refractivity contribution in [2.75, 3.05) is 12.3 Å². The number of hydrogen-bond donors (Lipinski definition) is 1. The van der Waals surface area contributed by atoms with E-state index in [1.807, 2.05) is 0 Å². The van der Waals surface area contributed by atoms with Crippen molar-refractivity contribution < 1.29 is 37.7 Å². The summed E-state index contributed by atoms with van der Waals surface area (Å²) >= 11 is 0. The molecule has 2 aromatic rings. The molecular formula is C31H42FN5O7. The van der Waals surface area contributed by atoms with Gasteiger partial charge in [-0.1, -0.05) is 38.5 Å². The van der Waals surface area contributed by atoms with Crippen LogP contribution >= 0.6 is 0 Å². The molecule has 0 aromatic carbocycles. The second-order valence-corrected chi connectivity index (χ2v) is 14.1. The maximum atomic E-state index is 14.1. The van der Waals surface area contributed by atoms with Crippen LogP contribution in [0.2, 0.25) is 0 Å². The van der Waals surface area contributed by atoms with Gasteiger partial charge in [0.25, 0.3) is 0 Å². The van der Waals surface area contributed by atoms with Crippen LogP contribution in [0.5, 0.6) is 0 Å². The first-order valence-electron chi connectivity index (χ1n) is 16.2. The maximum Gasteiger partial charge on any atom is 0.508 e. The monoisotopic (exact) mass is 615 g/mol. The average Bonchev–Trinajstić information content (AvgIpc) is 3.52.